The minimum Gasteiger partial charge on any atom is -0.453 e. The Balaban J connectivity index is 0.940. The van der Waals surface area contributed by atoms with Gasteiger partial charge in [-0.1, -0.05) is 74.4 Å². The van der Waals surface area contributed by atoms with Gasteiger partial charge in [0.15, 0.2) is 0 Å². The number of H-pyrrole nitrogens is 2. The molecule has 4 aromatic heterocycles. The highest BCUT2D eigenvalue weighted by atomic mass is 32.1. The molecule has 14 nitrogen and oxygen atoms in total. The molecular weight excluding hydrogens is 813 g/mol. The van der Waals surface area contributed by atoms with Crippen molar-refractivity contribution in [2.75, 3.05) is 27.3 Å². The van der Waals surface area contributed by atoms with E-state index in [4.69, 9.17) is 14.5 Å². The highest BCUT2D eigenvalue weighted by Crippen LogP contribution is 2.41. The van der Waals surface area contributed by atoms with Gasteiger partial charge in [0.05, 0.1) is 59.4 Å². The summed E-state index contributed by atoms with van der Waals surface area (Å²) in [5.41, 5.74) is 6.33. The number of nitrogens with zero attached hydrogens (tertiary/aromatic N) is 4. The largest absolute Gasteiger partial charge is 0.453 e. The van der Waals surface area contributed by atoms with Gasteiger partial charge in [0.25, 0.3) is 5.91 Å². The van der Waals surface area contributed by atoms with E-state index in [0.29, 0.717) is 30.2 Å². The topological polar surface area (TPSA) is 175 Å². The molecule has 4 amide bonds. The van der Waals surface area contributed by atoms with Crippen molar-refractivity contribution in [3.05, 3.63) is 106 Å². The lowest BCUT2D eigenvalue weighted by molar-refractivity contribution is -0.135. The number of rotatable bonds is 10. The predicted octanol–water partition coefficient (Wildman–Crippen LogP) is 7.95. The number of hydrogen-bond acceptors (Lipinski definition) is 10. The van der Waals surface area contributed by atoms with Crippen LogP contribution >= 0.6 is 22.7 Å². The van der Waals surface area contributed by atoms with Crippen LogP contribution in [-0.2, 0) is 19.1 Å². The maximum atomic E-state index is 13.9. The quantitative estimate of drug-likeness (QED) is 0.100. The monoisotopic (exact) mass is 858 g/mol. The third-order valence-electron chi connectivity index (χ3n) is 11.2. The molecule has 2 aliphatic heterocycles. The molecule has 0 aliphatic carbocycles. The van der Waals surface area contributed by atoms with Crippen molar-refractivity contribution in [1.29, 1.82) is 0 Å². The van der Waals surface area contributed by atoms with Crippen LogP contribution in [0.3, 0.4) is 0 Å². The molecule has 2 fully saturated rings. The van der Waals surface area contributed by atoms with Gasteiger partial charge in [-0.2, -0.15) is 0 Å². The standard InChI is InChI=1S/C45H46N8O6S2/c1-26(2)36(50-44(56)58-3)42(54)52-20-9-13-35(52)41-47-23-33(49-41)28-16-14-27(15-17-28)32-25-61-38-30(24-60-39(32)38)18-19-31-22-46-40(48-31)34-12-8-21-53(34)43(55)37(51-45(57)59-4)29-10-6-5-7-11-29/h5-7,10-11,14-17,22-26,34-37H,8-9,12-13,20-21H2,1-4H3,(H,46,48)(H,47,49)(H,50,56)(H,51,57). The van der Waals surface area contributed by atoms with Crippen molar-refractivity contribution in [2.24, 2.45) is 5.92 Å². The van der Waals surface area contributed by atoms with Crippen molar-refractivity contribution in [2.45, 2.75) is 63.7 Å². The first-order valence-electron chi connectivity index (χ1n) is 20.2. The summed E-state index contributed by atoms with van der Waals surface area (Å²) in [6.07, 6.45) is 5.37. The summed E-state index contributed by atoms with van der Waals surface area (Å²) in [7, 11) is 2.57. The summed E-state index contributed by atoms with van der Waals surface area (Å²) >= 11 is 3.32. The van der Waals surface area contributed by atoms with Gasteiger partial charge in [-0.15, -0.1) is 22.7 Å². The Morgan fingerprint density at radius 3 is 2.07 bits per heavy atom. The molecule has 0 spiro atoms. The van der Waals surface area contributed by atoms with Crippen LogP contribution < -0.4 is 10.6 Å². The summed E-state index contributed by atoms with van der Waals surface area (Å²) in [6, 6.07) is 15.4. The molecule has 0 radical (unpaired) electrons. The van der Waals surface area contributed by atoms with Crippen LogP contribution in [0.2, 0.25) is 0 Å². The zero-order valence-corrected chi connectivity index (χ0v) is 35.8. The number of aromatic nitrogens is 4. The van der Waals surface area contributed by atoms with E-state index in [9.17, 15) is 19.2 Å². The smallest absolute Gasteiger partial charge is 0.407 e. The minimum absolute atomic E-state index is 0.109. The third kappa shape index (κ3) is 8.61. The summed E-state index contributed by atoms with van der Waals surface area (Å²) in [5, 5.41) is 9.65. The molecule has 6 aromatic rings. The first-order chi connectivity index (χ1) is 29.6. The average molecular weight is 859 g/mol. The Labute approximate surface area is 361 Å². The Kier molecular flexibility index (Phi) is 12.2. The van der Waals surface area contributed by atoms with Crippen molar-refractivity contribution in [3.63, 3.8) is 0 Å². The van der Waals surface area contributed by atoms with E-state index >= 15 is 0 Å². The third-order valence-corrected chi connectivity index (χ3v) is 13.4. The van der Waals surface area contributed by atoms with Crippen LogP contribution in [0, 0.1) is 17.8 Å². The Bertz CT molecular complexity index is 2600. The van der Waals surface area contributed by atoms with Gasteiger partial charge in [0.2, 0.25) is 5.91 Å². The fourth-order valence-electron chi connectivity index (χ4n) is 8.08. The molecular formula is C45H46N8O6S2. The lowest BCUT2D eigenvalue weighted by Crippen LogP contribution is -2.51. The van der Waals surface area contributed by atoms with Crippen molar-refractivity contribution < 1.29 is 28.7 Å². The Hall–Kier alpha value is -6.44. The number of benzene rings is 2. The zero-order chi connectivity index (χ0) is 42.6. The van der Waals surface area contributed by atoms with Gasteiger partial charge in [-0.25, -0.2) is 19.6 Å². The van der Waals surface area contributed by atoms with E-state index in [0.717, 1.165) is 68.9 Å². The molecule has 8 rings (SSSR count). The SMILES string of the molecule is COC(=O)NC(C(=O)N1CCCC1c1ncc(C#Cc2csc3c(-c4ccc(-c5cnc(C6CCCN6C(=O)C(NC(=O)OC)C(C)C)[nH]5)cc4)csc23)[nH]1)c1ccccc1. The first kappa shape index (κ1) is 41.3. The number of methoxy groups -OCH3 is 2. The van der Waals surface area contributed by atoms with E-state index in [1.54, 1.807) is 33.8 Å². The van der Waals surface area contributed by atoms with Crippen LogP contribution in [-0.4, -0.2) is 87.1 Å². The number of thiophene rings is 2. The molecule has 2 aromatic carbocycles. The summed E-state index contributed by atoms with van der Waals surface area (Å²) in [5.74, 6) is 7.50. The highest BCUT2D eigenvalue weighted by molar-refractivity contribution is 7.27. The second-order valence-corrected chi connectivity index (χ2v) is 17.1. The van der Waals surface area contributed by atoms with Crippen LogP contribution in [0.4, 0.5) is 9.59 Å². The predicted molar refractivity (Wildman–Crippen MR) is 234 cm³/mol. The lowest BCUT2D eigenvalue weighted by atomic mass is 10.0. The maximum absolute atomic E-state index is 13.9. The number of nitrogens with one attached hydrogen (secondary N) is 4. The van der Waals surface area contributed by atoms with Gasteiger partial charge < -0.3 is 39.9 Å². The summed E-state index contributed by atoms with van der Waals surface area (Å²) < 4.78 is 11.9. The molecule has 0 saturated carbocycles. The Morgan fingerprint density at radius 1 is 0.754 bits per heavy atom. The fraction of sp³-hybridized carbons (Fsp3) is 0.333. The van der Waals surface area contributed by atoms with Gasteiger partial charge >= 0.3 is 12.2 Å². The zero-order valence-electron chi connectivity index (χ0n) is 34.2. The number of amides is 4. The van der Waals surface area contributed by atoms with Gasteiger partial charge in [-0.3, -0.25) is 9.59 Å². The number of hydrogen-bond donors (Lipinski definition) is 4. The summed E-state index contributed by atoms with van der Waals surface area (Å²) in [4.78, 5) is 71.4. The van der Waals surface area contributed by atoms with Gasteiger partial charge in [0.1, 0.15) is 29.4 Å². The van der Waals surface area contributed by atoms with E-state index in [-0.39, 0.29) is 29.8 Å². The number of ether oxygens (including phenoxy) is 2. The number of aromatic amines is 2. The first-order valence-corrected chi connectivity index (χ1v) is 22.0. The van der Waals surface area contributed by atoms with Crippen LogP contribution in [0.1, 0.15) is 86.1 Å². The van der Waals surface area contributed by atoms with Crippen LogP contribution in [0.15, 0.2) is 77.8 Å². The minimum atomic E-state index is -0.890. The molecule has 4 atom stereocenters. The second-order valence-electron chi connectivity index (χ2n) is 15.4. The normalized spacial score (nSPS) is 17.2. The van der Waals surface area contributed by atoms with Crippen LogP contribution in [0.25, 0.3) is 31.8 Å². The highest BCUT2D eigenvalue weighted by Gasteiger charge is 2.38. The van der Waals surface area contributed by atoms with Crippen LogP contribution in [0.5, 0.6) is 0 Å². The molecule has 0 bridgehead atoms. The van der Waals surface area contributed by atoms with E-state index in [1.165, 1.54) is 14.2 Å². The molecule has 314 valence electrons. The molecule has 4 N–H and O–H groups in total. The number of imidazole rings is 2. The van der Waals surface area contributed by atoms with Crippen molar-refractivity contribution in [3.8, 4) is 34.2 Å². The van der Waals surface area contributed by atoms with Gasteiger partial charge in [-0.05, 0) is 54.2 Å². The van der Waals surface area contributed by atoms with Crippen molar-refractivity contribution in [1.82, 2.24) is 40.4 Å². The van der Waals surface area contributed by atoms with Crippen molar-refractivity contribution >= 4 is 56.1 Å². The molecule has 6 heterocycles. The number of fused-ring (bicyclic) bond motifs is 1. The lowest BCUT2D eigenvalue weighted by Gasteiger charge is -2.30. The van der Waals surface area contributed by atoms with E-state index in [2.05, 4.69) is 72.5 Å². The molecule has 61 heavy (non-hydrogen) atoms. The van der Waals surface area contributed by atoms with E-state index in [1.807, 2.05) is 55.3 Å². The number of alkyl carbamates (subject to hydrolysis) is 2. The molecule has 2 aliphatic rings. The molecule has 2 saturated heterocycles. The second kappa shape index (κ2) is 18.0. The van der Waals surface area contributed by atoms with E-state index < -0.39 is 24.3 Å². The number of carbonyl (C=O) groups is 4. The fourth-order valence-corrected chi connectivity index (χ4v) is 10.4. The summed E-state index contributed by atoms with van der Waals surface area (Å²) in [6.45, 7) is 4.94. The maximum Gasteiger partial charge on any atom is 0.407 e. The average Bonchev–Trinajstić information content (AvgIpc) is 4.14. The molecule has 4 unspecified atom stereocenters. The molecule has 16 heteroatoms. The number of likely N-dealkylation sites (tertiary alicyclic amines) is 2. The van der Waals surface area contributed by atoms with Gasteiger partial charge in [0, 0.05) is 29.4 Å². The number of carbonyl (C=O) groups excluding carboxylic acids is 4. The Morgan fingerprint density at radius 2 is 1.38 bits per heavy atom.